The Morgan fingerprint density at radius 3 is 2.40 bits per heavy atom. The first-order chi connectivity index (χ1) is 12.0. The molecule has 0 atom stereocenters. The summed E-state index contributed by atoms with van der Waals surface area (Å²) in [5, 5.41) is 4.05. The van der Waals surface area contributed by atoms with Crippen molar-refractivity contribution in [2.24, 2.45) is 0 Å². The highest BCUT2D eigenvalue weighted by atomic mass is 32.1. The number of carbonyl (C=O) groups excluding carboxylic acids is 1. The fourth-order valence-electron chi connectivity index (χ4n) is 2.86. The van der Waals surface area contributed by atoms with Crippen molar-refractivity contribution in [3.05, 3.63) is 75.8 Å². The van der Waals surface area contributed by atoms with Crippen molar-refractivity contribution >= 4 is 17.2 Å². The Bertz CT molecular complexity index is 864. The van der Waals surface area contributed by atoms with E-state index in [0.29, 0.717) is 6.54 Å². The van der Waals surface area contributed by atoms with Crippen molar-refractivity contribution in [3.63, 3.8) is 0 Å². The zero-order chi connectivity index (χ0) is 17.8. The first-order valence-corrected chi connectivity index (χ1v) is 9.23. The molecule has 3 rings (SSSR count). The van der Waals surface area contributed by atoms with Crippen molar-refractivity contribution in [2.45, 2.75) is 27.2 Å². The molecule has 1 amide bonds. The summed E-state index contributed by atoms with van der Waals surface area (Å²) in [6.07, 6.45) is 0.798. The third-order valence-electron chi connectivity index (χ3n) is 4.03. The van der Waals surface area contributed by atoms with Crippen LogP contribution in [0, 0.1) is 20.8 Å². The van der Waals surface area contributed by atoms with Crippen LogP contribution in [0.4, 0.5) is 0 Å². The molecule has 1 aromatic heterocycles. The van der Waals surface area contributed by atoms with Crippen LogP contribution in [0.25, 0.3) is 10.6 Å². The molecule has 0 bridgehead atoms. The lowest BCUT2D eigenvalue weighted by Gasteiger charge is -2.06. The van der Waals surface area contributed by atoms with Gasteiger partial charge in [0.15, 0.2) is 0 Å². The third-order valence-corrected chi connectivity index (χ3v) is 5.30. The number of hydrogen-bond acceptors (Lipinski definition) is 3. The molecule has 0 spiro atoms. The van der Waals surface area contributed by atoms with Gasteiger partial charge in [-0.15, -0.1) is 11.3 Å². The van der Waals surface area contributed by atoms with E-state index in [0.717, 1.165) is 39.4 Å². The molecule has 0 saturated heterocycles. The minimum atomic E-state index is -0.0164. The second kappa shape index (κ2) is 7.62. The van der Waals surface area contributed by atoms with Gasteiger partial charge in [-0.1, -0.05) is 47.5 Å². The van der Waals surface area contributed by atoms with Crippen molar-refractivity contribution in [3.8, 4) is 10.6 Å². The van der Waals surface area contributed by atoms with Gasteiger partial charge in [-0.3, -0.25) is 4.79 Å². The Hall–Kier alpha value is -2.46. The molecule has 1 N–H and O–H groups in total. The number of benzene rings is 2. The number of nitrogens with zero attached hydrogens (tertiary/aromatic N) is 1. The average molecular weight is 350 g/mol. The van der Waals surface area contributed by atoms with Crippen LogP contribution in [-0.4, -0.2) is 17.4 Å². The van der Waals surface area contributed by atoms with Crippen molar-refractivity contribution < 1.29 is 4.79 Å². The minimum absolute atomic E-state index is 0.0164. The van der Waals surface area contributed by atoms with Crippen LogP contribution in [0.5, 0.6) is 0 Å². The number of amides is 1. The van der Waals surface area contributed by atoms with Crippen molar-refractivity contribution in [1.29, 1.82) is 0 Å². The van der Waals surface area contributed by atoms with Gasteiger partial charge < -0.3 is 5.32 Å². The molecule has 0 unspecified atom stereocenters. The molecule has 2 aromatic carbocycles. The fraction of sp³-hybridized carbons (Fsp3) is 0.238. The molecule has 4 heteroatoms. The number of aromatic nitrogens is 1. The van der Waals surface area contributed by atoms with E-state index in [1.807, 2.05) is 51.1 Å². The highest BCUT2D eigenvalue weighted by molar-refractivity contribution is 7.15. The van der Waals surface area contributed by atoms with Crippen LogP contribution in [0.2, 0.25) is 0 Å². The number of nitrogens with one attached hydrogen (secondary N) is 1. The zero-order valence-corrected chi connectivity index (χ0v) is 15.6. The third kappa shape index (κ3) is 4.34. The van der Waals surface area contributed by atoms with Gasteiger partial charge in [0.2, 0.25) is 0 Å². The Kier molecular flexibility index (Phi) is 5.29. The SMILES string of the molecule is Cc1cc(C)cc(C(=O)NCCc2sc(-c3ccccc3)nc2C)c1. The number of carbonyl (C=O) groups is 1. The van der Waals surface area contributed by atoms with E-state index in [-0.39, 0.29) is 5.91 Å². The topological polar surface area (TPSA) is 42.0 Å². The zero-order valence-electron chi connectivity index (χ0n) is 14.8. The van der Waals surface area contributed by atoms with E-state index in [1.54, 1.807) is 11.3 Å². The highest BCUT2D eigenvalue weighted by Gasteiger charge is 2.11. The molecule has 0 saturated carbocycles. The minimum Gasteiger partial charge on any atom is -0.352 e. The Labute approximate surface area is 152 Å². The van der Waals surface area contributed by atoms with Crippen LogP contribution in [0.1, 0.15) is 32.1 Å². The standard InChI is InChI=1S/C21H22N2OS/c1-14-11-15(2)13-18(12-14)20(24)22-10-9-19-16(3)23-21(25-19)17-7-5-4-6-8-17/h4-8,11-13H,9-10H2,1-3H3,(H,22,24). The lowest BCUT2D eigenvalue weighted by Crippen LogP contribution is -2.25. The van der Waals surface area contributed by atoms with Crippen molar-refractivity contribution in [1.82, 2.24) is 10.3 Å². The largest absolute Gasteiger partial charge is 0.352 e. The maximum atomic E-state index is 12.3. The Morgan fingerprint density at radius 2 is 1.72 bits per heavy atom. The van der Waals surface area contributed by atoms with Crippen LogP contribution < -0.4 is 5.32 Å². The number of aryl methyl sites for hydroxylation is 3. The molecule has 3 nitrogen and oxygen atoms in total. The van der Waals surface area contributed by atoms with Crippen LogP contribution in [-0.2, 0) is 6.42 Å². The average Bonchev–Trinajstić information content (AvgIpc) is 2.96. The summed E-state index contributed by atoms with van der Waals surface area (Å²) in [5.74, 6) is -0.0164. The van der Waals surface area contributed by atoms with Crippen molar-refractivity contribution in [2.75, 3.05) is 6.54 Å². The van der Waals surface area contributed by atoms with Gasteiger partial charge in [-0.2, -0.15) is 0 Å². The van der Waals surface area contributed by atoms with E-state index in [9.17, 15) is 4.79 Å². The summed E-state index contributed by atoms with van der Waals surface area (Å²) in [6.45, 7) is 6.66. The molecule has 0 aliphatic heterocycles. The van der Waals surface area contributed by atoms with Gasteiger partial charge in [0, 0.05) is 29.0 Å². The Morgan fingerprint density at radius 1 is 1.04 bits per heavy atom. The van der Waals surface area contributed by atoms with Gasteiger partial charge in [0.25, 0.3) is 5.91 Å². The first kappa shape index (κ1) is 17.4. The lowest BCUT2D eigenvalue weighted by molar-refractivity contribution is 0.0954. The van der Waals surface area contributed by atoms with E-state index >= 15 is 0 Å². The summed E-state index contributed by atoms with van der Waals surface area (Å²) < 4.78 is 0. The molecule has 0 radical (unpaired) electrons. The molecular formula is C21H22N2OS. The number of hydrogen-bond donors (Lipinski definition) is 1. The van der Waals surface area contributed by atoms with Crippen LogP contribution in [0.15, 0.2) is 48.5 Å². The summed E-state index contributed by atoms with van der Waals surface area (Å²) >= 11 is 1.70. The first-order valence-electron chi connectivity index (χ1n) is 8.41. The van der Waals surface area contributed by atoms with Gasteiger partial charge in [-0.05, 0) is 32.9 Å². The van der Waals surface area contributed by atoms with Crippen LogP contribution >= 0.6 is 11.3 Å². The molecule has 1 heterocycles. The quantitative estimate of drug-likeness (QED) is 0.724. The predicted octanol–water partition coefficient (Wildman–Crippen LogP) is 4.71. The molecular weight excluding hydrogens is 328 g/mol. The monoisotopic (exact) mass is 350 g/mol. The molecule has 128 valence electrons. The fourth-order valence-corrected chi connectivity index (χ4v) is 3.93. The predicted molar refractivity (Wildman–Crippen MR) is 104 cm³/mol. The van der Waals surface area contributed by atoms with Gasteiger partial charge in [0.05, 0.1) is 5.69 Å². The van der Waals surface area contributed by atoms with Gasteiger partial charge in [0.1, 0.15) is 5.01 Å². The summed E-state index contributed by atoms with van der Waals surface area (Å²) in [5.41, 5.74) is 5.13. The molecule has 25 heavy (non-hydrogen) atoms. The number of rotatable bonds is 5. The lowest BCUT2D eigenvalue weighted by atomic mass is 10.1. The molecule has 0 aliphatic carbocycles. The Balaban J connectivity index is 1.62. The normalized spacial score (nSPS) is 10.7. The molecule has 0 fully saturated rings. The van der Waals surface area contributed by atoms with E-state index in [4.69, 9.17) is 0 Å². The summed E-state index contributed by atoms with van der Waals surface area (Å²) in [7, 11) is 0. The molecule has 0 aliphatic rings. The molecule has 3 aromatic rings. The van der Waals surface area contributed by atoms with E-state index in [1.165, 1.54) is 4.88 Å². The second-order valence-electron chi connectivity index (χ2n) is 6.28. The highest BCUT2D eigenvalue weighted by Crippen LogP contribution is 2.27. The van der Waals surface area contributed by atoms with Gasteiger partial charge >= 0.3 is 0 Å². The maximum absolute atomic E-state index is 12.3. The van der Waals surface area contributed by atoms with Crippen LogP contribution in [0.3, 0.4) is 0 Å². The van der Waals surface area contributed by atoms with Gasteiger partial charge in [-0.25, -0.2) is 4.98 Å². The maximum Gasteiger partial charge on any atom is 0.251 e. The number of thiazole rings is 1. The van der Waals surface area contributed by atoms with E-state index < -0.39 is 0 Å². The summed E-state index contributed by atoms with van der Waals surface area (Å²) in [6, 6.07) is 16.1. The van der Waals surface area contributed by atoms with E-state index in [2.05, 4.69) is 28.5 Å². The smallest absolute Gasteiger partial charge is 0.251 e. The second-order valence-corrected chi connectivity index (χ2v) is 7.36. The summed E-state index contributed by atoms with van der Waals surface area (Å²) in [4.78, 5) is 18.2.